The van der Waals surface area contributed by atoms with Crippen molar-refractivity contribution in [3.8, 4) is 5.75 Å². The van der Waals surface area contributed by atoms with Gasteiger partial charge in [-0.25, -0.2) is 0 Å². The minimum absolute atomic E-state index is 0.155. The molecule has 0 aliphatic carbocycles. The van der Waals surface area contributed by atoms with Crippen LogP contribution in [0.15, 0.2) is 59.4 Å². The summed E-state index contributed by atoms with van der Waals surface area (Å²) in [5, 5.41) is 0.852. The number of pyridine rings is 1. The fourth-order valence-corrected chi connectivity index (χ4v) is 3.68. The molecule has 1 N–H and O–H groups in total. The molecular formula is C24H26N2O5. The van der Waals surface area contributed by atoms with E-state index in [9.17, 15) is 9.59 Å². The number of ether oxygens (including phenoxy) is 3. The van der Waals surface area contributed by atoms with E-state index < -0.39 is 0 Å². The Kier molecular flexibility index (Phi) is 6.64. The number of aromatic nitrogens is 1. The molecule has 3 aromatic rings. The molecule has 1 saturated heterocycles. The molecule has 0 spiro atoms. The van der Waals surface area contributed by atoms with Crippen LogP contribution in [0.25, 0.3) is 10.9 Å². The Morgan fingerprint density at radius 3 is 2.74 bits per heavy atom. The molecule has 1 aromatic heterocycles. The van der Waals surface area contributed by atoms with E-state index in [1.165, 1.54) is 0 Å². The minimum Gasteiger partial charge on any atom is -0.494 e. The fraction of sp³-hybridized carbons (Fsp3) is 0.333. The number of hydrogen-bond acceptors (Lipinski definition) is 5. The second-order valence-electron chi connectivity index (χ2n) is 7.43. The summed E-state index contributed by atoms with van der Waals surface area (Å²) >= 11 is 0. The van der Waals surface area contributed by atoms with Crippen LogP contribution >= 0.6 is 0 Å². The van der Waals surface area contributed by atoms with Gasteiger partial charge in [-0.15, -0.1) is 0 Å². The number of amides is 1. The predicted octanol–water partition coefficient (Wildman–Crippen LogP) is 2.98. The van der Waals surface area contributed by atoms with Crippen molar-refractivity contribution in [3.63, 3.8) is 0 Å². The molecule has 1 unspecified atom stereocenters. The maximum atomic E-state index is 13.2. The summed E-state index contributed by atoms with van der Waals surface area (Å²) in [6, 6.07) is 16.4. The molecule has 0 bridgehead atoms. The van der Waals surface area contributed by atoms with Gasteiger partial charge in [0.15, 0.2) is 0 Å². The third kappa shape index (κ3) is 5.13. The second kappa shape index (κ2) is 9.76. The summed E-state index contributed by atoms with van der Waals surface area (Å²) in [5.74, 6) is 0.579. The van der Waals surface area contributed by atoms with Gasteiger partial charge < -0.3 is 24.1 Å². The van der Waals surface area contributed by atoms with Crippen LogP contribution in [0.4, 0.5) is 0 Å². The van der Waals surface area contributed by atoms with Crippen molar-refractivity contribution >= 4 is 16.8 Å². The van der Waals surface area contributed by atoms with E-state index >= 15 is 0 Å². The van der Waals surface area contributed by atoms with Crippen LogP contribution in [0.1, 0.15) is 22.8 Å². The lowest BCUT2D eigenvalue weighted by Crippen LogP contribution is -2.43. The molecule has 2 heterocycles. The molecular weight excluding hydrogens is 396 g/mol. The molecule has 0 saturated carbocycles. The third-order valence-corrected chi connectivity index (χ3v) is 5.18. The molecule has 7 heteroatoms. The first-order valence-corrected chi connectivity index (χ1v) is 10.5. The van der Waals surface area contributed by atoms with E-state index in [-0.39, 0.29) is 24.1 Å². The lowest BCUT2D eigenvalue weighted by Gasteiger charge is -2.30. The number of benzene rings is 2. The van der Waals surface area contributed by atoms with E-state index in [4.69, 9.17) is 14.2 Å². The number of carbonyl (C=O) groups is 1. The second-order valence-corrected chi connectivity index (χ2v) is 7.43. The maximum absolute atomic E-state index is 13.2. The van der Waals surface area contributed by atoms with Gasteiger partial charge in [-0.3, -0.25) is 9.59 Å². The quantitative estimate of drug-likeness (QED) is 0.633. The van der Waals surface area contributed by atoms with E-state index in [0.29, 0.717) is 44.1 Å². The molecule has 1 amide bonds. The van der Waals surface area contributed by atoms with Gasteiger partial charge in [0.25, 0.3) is 11.5 Å². The summed E-state index contributed by atoms with van der Waals surface area (Å²) < 4.78 is 16.8. The molecule has 1 fully saturated rings. The molecule has 0 radical (unpaired) electrons. The molecule has 31 heavy (non-hydrogen) atoms. The SMILES string of the molecule is CCOc1ccc2[nH]c(=O)c(CN(CC3COCCO3)C(=O)c3ccccc3)cc2c1. The smallest absolute Gasteiger partial charge is 0.254 e. The number of nitrogens with one attached hydrogen (secondary N) is 1. The topological polar surface area (TPSA) is 80.9 Å². The monoisotopic (exact) mass is 422 g/mol. The average molecular weight is 422 g/mol. The van der Waals surface area contributed by atoms with Gasteiger partial charge in [0, 0.05) is 28.6 Å². The van der Waals surface area contributed by atoms with Crippen molar-refractivity contribution in [2.24, 2.45) is 0 Å². The Labute approximate surface area is 180 Å². The van der Waals surface area contributed by atoms with E-state index in [1.807, 2.05) is 49.4 Å². The normalized spacial score (nSPS) is 16.2. The molecule has 1 aliphatic heterocycles. The summed E-state index contributed by atoms with van der Waals surface area (Å²) in [4.78, 5) is 30.5. The van der Waals surface area contributed by atoms with Crippen molar-refractivity contribution in [2.45, 2.75) is 19.6 Å². The van der Waals surface area contributed by atoms with Crippen molar-refractivity contribution in [2.75, 3.05) is 33.0 Å². The van der Waals surface area contributed by atoms with Crippen molar-refractivity contribution in [3.05, 3.63) is 76.1 Å². The number of fused-ring (bicyclic) bond motifs is 1. The standard InChI is InChI=1S/C24H26N2O5/c1-2-30-20-8-9-22-18(13-20)12-19(23(27)25-22)14-26(15-21-16-29-10-11-31-21)24(28)17-6-4-3-5-7-17/h3-9,12-13,21H,2,10-11,14-16H2,1H3,(H,25,27). The van der Waals surface area contributed by atoms with Gasteiger partial charge >= 0.3 is 0 Å². The highest BCUT2D eigenvalue weighted by atomic mass is 16.6. The fourth-order valence-electron chi connectivity index (χ4n) is 3.68. The average Bonchev–Trinajstić information content (AvgIpc) is 2.80. The lowest BCUT2D eigenvalue weighted by atomic mass is 10.1. The minimum atomic E-state index is -0.231. The van der Waals surface area contributed by atoms with Crippen LogP contribution < -0.4 is 10.3 Å². The number of carbonyl (C=O) groups excluding carboxylic acids is 1. The largest absolute Gasteiger partial charge is 0.494 e. The molecule has 1 aliphatic rings. The van der Waals surface area contributed by atoms with Gasteiger partial charge in [0.1, 0.15) is 5.75 Å². The van der Waals surface area contributed by atoms with Gasteiger partial charge in [-0.1, -0.05) is 18.2 Å². The number of aromatic amines is 1. The number of H-pyrrole nitrogens is 1. The van der Waals surface area contributed by atoms with Gasteiger partial charge in [-0.2, -0.15) is 0 Å². The van der Waals surface area contributed by atoms with Crippen LogP contribution in [0.5, 0.6) is 5.75 Å². The summed E-state index contributed by atoms with van der Waals surface area (Å²) in [6.07, 6.45) is -0.231. The zero-order valence-electron chi connectivity index (χ0n) is 17.5. The molecule has 7 nitrogen and oxygen atoms in total. The highest BCUT2D eigenvalue weighted by Crippen LogP contribution is 2.20. The Morgan fingerprint density at radius 1 is 1.16 bits per heavy atom. The molecule has 1 atom stereocenters. The first-order valence-electron chi connectivity index (χ1n) is 10.5. The Morgan fingerprint density at radius 2 is 2.00 bits per heavy atom. The predicted molar refractivity (Wildman–Crippen MR) is 117 cm³/mol. The highest BCUT2D eigenvalue weighted by Gasteiger charge is 2.24. The maximum Gasteiger partial charge on any atom is 0.254 e. The van der Waals surface area contributed by atoms with E-state index in [2.05, 4.69) is 4.98 Å². The van der Waals surface area contributed by atoms with Crippen molar-refractivity contribution in [1.29, 1.82) is 0 Å². The van der Waals surface area contributed by atoms with Crippen molar-refractivity contribution < 1.29 is 19.0 Å². The summed E-state index contributed by atoms with van der Waals surface area (Å²) in [5.41, 5.74) is 1.57. The van der Waals surface area contributed by atoms with Crippen LogP contribution in [0.3, 0.4) is 0 Å². The van der Waals surface area contributed by atoms with Crippen LogP contribution in [0, 0.1) is 0 Å². The van der Waals surface area contributed by atoms with Crippen LogP contribution in [-0.4, -0.2) is 54.9 Å². The summed E-state index contributed by atoms with van der Waals surface area (Å²) in [6.45, 7) is 4.45. The Hall–Kier alpha value is -3.16. The number of rotatable bonds is 7. The first kappa shape index (κ1) is 21.1. The third-order valence-electron chi connectivity index (χ3n) is 5.18. The van der Waals surface area contributed by atoms with Crippen LogP contribution in [0.2, 0.25) is 0 Å². The first-order chi connectivity index (χ1) is 15.1. The Bertz CT molecular complexity index is 1090. The van der Waals surface area contributed by atoms with E-state index in [1.54, 1.807) is 17.0 Å². The zero-order chi connectivity index (χ0) is 21.6. The van der Waals surface area contributed by atoms with Gasteiger partial charge in [-0.05, 0) is 43.3 Å². The Balaban J connectivity index is 1.64. The molecule has 4 rings (SSSR count). The van der Waals surface area contributed by atoms with Crippen molar-refractivity contribution in [1.82, 2.24) is 9.88 Å². The highest BCUT2D eigenvalue weighted by molar-refractivity contribution is 5.94. The zero-order valence-corrected chi connectivity index (χ0v) is 17.5. The van der Waals surface area contributed by atoms with Crippen LogP contribution in [-0.2, 0) is 16.0 Å². The number of nitrogens with zero attached hydrogens (tertiary/aromatic N) is 1. The summed E-state index contributed by atoms with van der Waals surface area (Å²) in [7, 11) is 0. The van der Waals surface area contributed by atoms with Gasteiger partial charge in [0.05, 0.1) is 39.1 Å². The van der Waals surface area contributed by atoms with E-state index in [0.717, 1.165) is 16.7 Å². The lowest BCUT2D eigenvalue weighted by molar-refractivity contribution is -0.0953. The van der Waals surface area contributed by atoms with Gasteiger partial charge in [0.2, 0.25) is 0 Å². The molecule has 162 valence electrons. The number of hydrogen-bond donors (Lipinski definition) is 1. The molecule has 2 aromatic carbocycles.